The number of pyridine rings is 1. The van der Waals surface area contributed by atoms with Gasteiger partial charge in [-0.1, -0.05) is 170 Å². The number of hydrogen-bond acceptors (Lipinski definition) is 3. The Morgan fingerprint density at radius 2 is 1.11 bits per heavy atom. The number of aromatic nitrogens is 1. The average molecular weight is 731 g/mol. The highest BCUT2D eigenvalue weighted by atomic mass is 16.3. The van der Waals surface area contributed by atoms with Gasteiger partial charge in [0.05, 0.1) is 12.2 Å². The van der Waals surface area contributed by atoms with Crippen LogP contribution in [0.1, 0.15) is 16.7 Å². The number of para-hydroxylation sites is 1. The zero-order valence-corrected chi connectivity index (χ0v) is 30.9. The lowest BCUT2D eigenvalue weighted by molar-refractivity contribution is 0.672. The molecule has 0 saturated heterocycles. The lowest BCUT2D eigenvalue weighted by atomic mass is 9.92. The van der Waals surface area contributed by atoms with E-state index < -0.39 is 0 Å². The van der Waals surface area contributed by atoms with Crippen LogP contribution in [0.3, 0.4) is 0 Å². The molecule has 0 saturated carbocycles. The van der Waals surface area contributed by atoms with Gasteiger partial charge in [0.2, 0.25) is 0 Å². The molecule has 9 aromatic carbocycles. The van der Waals surface area contributed by atoms with Gasteiger partial charge in [0.1, 0.15) is 16.9 Å². The number of nitrogens with zero attached hydrogens (tertiary/aromatic N) is 3. The maximum atomic E-state index is 6.73. The van der Waals surface area contributed by atoms with Crippen LogP contribution in [0.5, 0.6) is 0 Å². The predicted molar refractivity (Wildman–Crippen MR) is 237 cm³/mol. The smallest absolute Gasteiger partial charge is 0.161 e. The van der Waals surface area contributed by atoms with Crippen LogP contribution in [-0.4, -0.2) is 16.7 Å². The van der Waals surface area contributed by atoms with Crippen LogP contribution in [-0.2, 0) is 6.54 Å². The topological polar surface area (TPSA) is 76.8 Å². The molecule has 0 spiro atoms. The molecule has 5 heteroatoms. The monoisotopic (exact) mass is 730 g/mol. The lowest BCUT2D eigenvalue weighted by Crippen LogP contribution is -2.16. The molecule has 2 aromatic heterocycles. The summed E-state index contributed by atoms with van der Waals surface area (Å²) in [5.74, 6) is 1.01. The van der Waals surface area contributed by atoms with Crippen molar-refractivity contribution in [3.05, 3.63) is 199 Å². The molecule has 2 N–H and O–H groups in total. The molecular weight excluding hydrogens is 697 g/mol. The second-order valence-electron chi connectivity index (χ2n) is 14.5. The molecule has 0 radical (unpaired) electrons. The van der Waals surface area contributed by atoms with Crippen molar-refractivity contribution in [1.29, 1.82) is 0 Å². The van der Waals surface area contributed by atoms with Crippen LogP contribution in [0, 0.1) is 0 Å². The Hall–Kier alpha value is -7.63. The van der Waals surface area contributed by atoms with Gasteiger partial charge in [-0.3, -0.25) is 4.99 Å². The summed E-state index contributed by atoms with van der Waals surface area (Å²) >= 11 is 0. The molecule has 0 aliphatic carbocycles. The van der Waals surface area contributed by atoms with E-state index in [4.69, 9.17) is 25.1 Å². The van der Waals surface area contributed by atoms with E-state index in [9.17, 15) is 0 Å². The van der Waals surface area contributed by atoms with Crippen molar-refractivity contribution in [1.82, 2.24) is 4.98 Å². The molecule has 0 aliphatic heterocycles. The third kappa shape index (κ3) is 5.59. The zero-order valence-electron chi connectivity index (χ0n) is 30.9. The molecular formula is C52H34N4O. The van der Waals surface area contributed by atoms with Gasteiger partial charge in [0.25, 0.3) is 0 Å². The molecule has 11 aromatic rings. The molecule has 2 heterocycles. The second-order valence-corrected chi connectivity index (χ2v) is 14.5. The predicted octanol–water partition coefficient (Wildman–Crippen LogP) is 12.7. The van der Waals surface area contributed by atoms with E-state index in [-0.39, 0.29) is 0 Å². The number of fused-ring (bicyclic) bond motifs is 5. The Bertz CT molecular complexity index is 3350. The Morgan fingerprint density at radius 1 is 0.491 bits per heavy atom. The molecule has 268 valence electrons. The number of aliphatic imine (C=N–C) groups is 2. The first-order chi connectivity index (χ1) is 28.2. The SMILES string of the molecule is NC(=NC(=NCc1ccc2ccc3cccc4ccc1c2c34)c1ccccc1)c1ccc(-c2ccc(-c3nc4c5ccccc5oc4c4ccccc34)cc2)cc1. The first kappa shape index (κ1) is 32.8. The second kappa shape index (κ2) is 13.3. The fourth-order valence-corrected chi connectivity index (χ4v) is 8.31. The minimum atomic E-state index is 0.412. The van der Waals surface area contributed by atoms with Crippen LogP contribution in [0.2, 0.25) is 0 Å². The van der Waals surface area contributed by atoms with Crippen molar-refractivity contribution < 1.29 is 4.42 Å². The molecule has 0 unspecified atom stereocenters. The van der Waals surface area contributed by atoms with Gasteiger partial charge in [-0.25, -0.2) is 9.98 Å². The zero-order chi connectivity index (χ0) is 37.9. The molecule has 57 heavy (non-hydrogen) atoms. The number of nitrogens with two attached hydrogens (primary N) is 1. The van der Waals surface area contributed by atoms with E-state index >= 15 is 0 Å². The van der Waals surface area contributed by atoms with Gasteiger partial charge in [-0.2, -0.15) is 0 Å². The highest BCUT2D eigenvalue weighted by Gasteiger charge is 2.17. The lowest BCUT2D eigenvalue weighted by Gasteiger charge is -2.13. The maximum absolute atomic E-state index is 6.73. The third-order valence-corrected chi connectivity index (χ3v) is 11.2. The molecule has 0 aliphatic rings. The Labute approximate surface area is 328 Å². The summed E-state index contributed by atoms with van der Waals surface area (Å²) in [7, 11) is 0. The minimum Gasteiger partial charge on any atom is -0.454 e. The highest BCUT2D eigenvalue weighted by Crippen LogP contribution is 2.39. The fourth-order valence-electron chi connectivity index (χ4n) is 8.31. The summed E-state index contributed by atoms with van der Waals surface area (Å²) in [4.78, 5) is 15.2. The first-order valence-electron chi connectivity index (χ1n) is 19.2. The van der Waals surface area contributed by atoms with Crippen molar-refractivity contribution in [2.24, 2.45) is 15.7 Å². The van der Waals surface area contributed by atoms with E-state index in [1.807, 2.05) is 66.7 Å². The third-order valence-electron chi connectivity index (χ3n) is 11.2. The Morgan fingerprint density at radius 3 is 1.88 bits per heavy atom. The van der Waals surface area contributed by atoms with Crippen molar-refractivity contribution in [2.45, 2.75) is 6.54 Å². The van der Waals surface area contributed by atoms with E-state index in [2.05, 4.69) is 115 Å². The Kier molecular flexibility index (Phi) is 7.64. The number of amidine groups is 2. The van der Waals surface area contributed by atoms with Crippen LogP contribution < -0.4 is 5.73 Å². The summed E-state index contributed by atoms with van der Waals surface area (Å²) in [6, 6.07) is 63.0. The van der Waals surface area contributed by atoms with Crippen LogP contribution in [0.4, 0.5) is 0 Å². The van der Waals surface area contributed by atoms with E-state index in [0.29, 0.717) is 18.2 Å². The van der Waals surface area contributed by atoms with Crippen LogP contribution in [0.25, 0.3) is 87.5 Å². The molecule has 0 bridgehead atoms. The summed E-state index contributed by atoms with van der Waals surface area (Å²) in [5, 5.41) is 10.7. The number of hydrogen-bond donors (Lipinski definition) is 1. The normalized spacial score (nSPS) is 12.6. The maximum Gasteiger partial charge on any atom is 0.161 e. The first-order valence-corrected chi connectivity index (χ1v) is 19.2. The van der Waals surface area contributed by atoms with Crippen LogP contribution in [0.15, 0.2) is 196 Å². The molecule has 0 amide bonds. The van der Waals surface area contributed by atoms with Gasteiger partial charge in [-0.15, -0.1) is 0 Å². The highest BCUT2D eigenvalue weighted by molar-refractivity contribution is 6.23. The van der Waals surface area contributed by atoms with E-state index in [0.717, 1.165) is 71.9 Å². The molecule has 5 nitrogen and oxygen atoms in total. The van der Waals surface area contributed by atoms with Crippen molar-refractivity contribution in [3.8, 4) is 22.4 Å². The van der Waals surface area contributed by atoms with Crippen molar-refractivity contribution in [3.63, 3.8) is 0 Å². The quantitative estimate of drug-likeness (QED) is 0.105. The summed E-state index contributed by atoms with van der Waals surface area (Å²) in [6.07, 6.45) is 0. The van der Waals surface area contributed by atoms with Gasteiger partial charge in [0, 0.05) is 32.8 Å². The van der Waals surface area contributed by atoms with Gasteiger partial charge < -0.3 is 10.2 Å². The van der Waals surface area contributed by atoms with Gasteiger partial charge >= 0.3 is 0 Å². The molecule has 11 rings (SSSR count). The summed E-state index contributed by atoms with van der Waals surface area (Å²) in [6.45, 7) is 0.474. The largest absolute Gasteiger partial charge is 0.454 e. The number of benzene rings is 9. The molecule has 0 fully saturated rings. The van der Waals surface area contributed by atoms with Crippen LogP contribution >= 0.6 is 0 Å². The van der Waals surface area contributed by atoms with Crippen molar-refractivity contribution in [2.75, 3.05) is 0 Å². The molecule has 0 atom stereocenters. The Balaban J connectivity index is 0.899. The van der Waals surface area contributed by atoms with Gasteiger partial charge in [-0.05, 0) is 61.1 Å². The number of rotatable bonds is 6. The summed E-state index contributed by atoms with van der Waals surface area (Å²) < 4.78 is 6.28. The average Bonchev–Trinajstić information content (AvgIpc) is 3.66. The summed E-state index contributed by atoms with van der Waals surface area (Å²) in [5.41, 5.74) is 16.3. The standard InChI is InChI=1S/C52H34N4O/c53-51(56-52(39-9-2-1-3-10-39)54-31-40-28-23-36-22-21-34-11-8-12-35-29-30-41(40)47(36)46(34)35)38-26-19-33(20-27-38)32-17-24-37(25-18-32)48-42-13-4-5-14-43(42)50-49(55-48)44-15-6-7-16-45(44)57-50/h1-30H,31H2,(H2,53,54,56). The van der Waals surface area contributed by atoms with E-state index in [1.54, 1.807) is 0 Å². The van der Waals surface area contributed by atoms with E-state index in [1.165, 1.54) is 32.3 Å². The van der Waals surface area contributed by atoms with Gasteiger partial charge in [0.15, 0.2) is 11.4 Å². The minimum absolute atomic E-state index is 0.412. The number of furan rings is 1. The fraction of sp³-hybridized carbons (Fsp3) is 0.0192. The van der Waals surface area contributed by atoms with Crippen molar-refractivity contribution >= 4 is 76.8 Å².